The Labute approximate surface area is 259 Å². The molecule has 0 bridgehead atoms. The van der Waals surface area contributed by atoms with Crippen LogP contribution < -0.4 is 16.0 Å². The zero-order chi connectivity index (χ0) is 30.9. The van der Waals surface area contributed by atoms with Crippen molar-refractivity contribution in [3.8, 4) is 0 Å². The number of carbonyl (C=O) groups excluding carboxylic acids is 3. The van der Waals surface area contributed by atoms with Gasteiger partial charge < -0.3 is 20.5 Å². The van der Waals surface area contributed by atoms with Gasteiger partial charge in [-0.15, -0.1) is 11.8 Å². The van der Waals surface area contributed by atoms with E-state index < -0.39 is 17.1 Å². The fourth-order valence-corrected chi connectivity index (χ4v) is 5.45. The molecule has 1 aromatic heterocycles. The molecule has 1 heterocycles. The number of aryl methyl sites for hydroxylation is 2. The number of aromatic nitrogens is 1. The lowest BCUT2D eigenvalue weighted by molar-refractivity contribution is -0.116. The smallest absolute Gasteiger partial charge is 0.272 e. The van der Waals surface area contributed by atoms with E-state index in [2.05, 4.69) is 21.1 Å². The van der Waals surface area contributed by atoms with Crippen molar-refractivity contribution in [2.45, 2.75) is 24.0 Å². The molecule has 1 unspecified atom stereocenters. The summed E-state index contributed by atoms with van der Waals surface area (Å²) in [4.78, 5) is 40.7. The van der Waals surface area contributed by atoms with Gasteiger partial charge in [0.2, 0.25) is 5.91 Å². The topological polar surface area (TPSA) is 113 Å². The summed E-state index contributed by atoms with van der Waals surface area (Å²) in [6.45, 7) is 3.71. The second-order valence-corrected chi connectivity index (χ2v) is 11.2. The summed E-state index contributed by atoms with van der Waals surface area (Å²) in [6.07, 6.45) is 1.64. The number of nitrogens with one attached hydrogen (secondary N) is 3. The molecular formula is C35H30N4O4S. The Morgan fingerprint density at radius 2 is 1.52 bits per heavy atom. The molecule has 4 aromatic carbocycles. The summed E-state index contributed by atoms with van der Waals surface area (Å²) in [7, 11) is 0. The maximum Gasteiger partial charge on any atom is 0.272 e. The van der Waals surface area contributed by atoms with Gasteiger partial charge in [0.25, 0.3) is 11.8 Å². The van der Waals surface area contributed by atoms with Crippen LogP contribution in [0, 0.1) is 13.8 Å². The number of amides is 3. The van der Waals surface area contributed by atoms with Crippen LogP contribution in [0.25, 0.3) is 6.08 Å². The molecule has 5 rings (SSSR count). The van der Waals surface area contributed by atoms with Gasteiger partial charge >= 0.3 is 0 Å². The molecule has 5 aromatic rings. The van der Waals surface area contributed by atoms with Crippen molar-refractivity contribution in [1.29, 1.82) is 0 Å². The van der Waals surface area contributed by atoms with Crippen LogP contribution >= 0.6 is 11.8 Å². The van der Waals surface area contributed by atoms with Crippen molar-refractivity contribution < 1.29 is 18.9 Å². The Morgan fingerprint density at radius 3 is 2.23 bits per heavy atom. The molecule has 0 saturated carbocycles. The zero-order valence-electron chi connectivity index (χ0n) is 24.1. The molecule has 44 heavy (non-hydrogen) atoms. The number of anilines is 2. The minimum Gasteiger partial charge on any atom is -0.360 e. The second kappa shape index (κ2) is 14.2. The normalized spacial score (nSPS) is 11.8. The van der Waals surface area contributed by atoms with Gasteiger partial charge in [0, 0.05) is 22.2 Å². The molecule has 3 N–H and O–H groups in total. The SMILES string of the molecule is Cc1cccc(/C=C(/NC(=O)c2ccccc2)C(=O)Nc2cccc(SC(C(=O)Nc3cc(C)on3)c3ccccc3)c2)c1. The van der Waals surface area contributed by atoms with E-state index >= 15 is 0 Å². The molecule has 8 nitrogen and oxygen atoms in total. The van der Waals surface area contributed by atoms with Gasteiger partial charge in [0.05, 0.1) is 0 Å². The summed E-state index contributed by atoms with van der Waals surface area (Å²) < 4.78 is 5.09. The van der Waals surface area contributed by atoms with E-state index in [9.17, 15) is 14.4 Å². The van der Waals surface area contributed by atoms with Crippen LogP contribution in [0.15, 0.2) is 130 Å². The third-order valence-corrected chi connectivity index (χ3v) is 7.70. The lowest BCUT2D eigenvalue weighted by atomic mass is 10.1. The first-order valence-electron chi connectivity index (χ1n) is 13.9. The molecule has 0 spiro atoms. The molecule has 0 aliphatic carbocycles. The molecule has 9 heteroatoms. The first-order valence-corrected chi connectivity index (χ1v) is 14.7. The minimum atomic E-state index is -0.610. The molecular weight excluding hydrogens is 572 g/mol. The summed E-state index contributed by atoms with van der Waals surface area (Å²) in [5.74, 6) is -0.237. The van der Waals surface area contributed by atoms with E-state index in [-0.39, 0.29) is 11.6 Å². The summed E-state index contributed by atoms with van der Waals surface area (Å²) >= 11 is 1.33. The van der Waals surface area contributed by atoms with Crippen LogP contribution in [0.3, 0.4) is 0 Å². The summed E-state index contributed by atoms with van der Waals surface area (Å²) in [6, 6.07) is 34.6. The lowest BCUT2D eigenvalue weighted by Crippen LogP contribution is -2.30. The van der Waals surface area contributed by atoms with Crippen molar-refractivity contribution in [3.63, 3.8) is 0 Å². The highest BCUT2D eigenvalue weighted by Gasteiger charge is 2.23. The van der Waals surface area contributed by atoms with Crippen LogP contribution in [0.2, 0.25) is 0 Å². The Morgan fingerprint density at radius 1 is 0.795 bits per heavy atom. The van der Waals surface area contributed by atoms with Gasteiger partial charge in [-0.3, -0.25) is 14.4 Å². The van der Waals surface area contributed by atoms with Crippen LogP contribution in [-0.2, 0) is 9.59 Å². The first-order chi connectivity index (χ1) is 21.3. The van der Waals surface area contributed by atoms with E-state index in [0.717, 1.165) is 21.6 Å². The molecule has 220 valence electrons. The standard InChI is InChI=1S/C35H30N4O4S/c1-23-11-9-12-25(19-23)21-30(37-33(40)27-15-7-4-8-16-27)34(41)36-28-17-10-18-29(22-28)44-32(26-13-5-3-6-14-26)35(42)38-31-20-24(2)43-39-31/h3-22,32H,1-2H3,(H,36,41)(H,37,40)(H,38,39,42)/b30-21+. The largest absolute Gasteiger partial charge is 0.360 e. The number of carbonyl (C=O) groups is 3. The Hall–Kier alpha value is -5.41. The maximum atomic E-state index is 13.6. The van der Waals surface area contributed by atoms with Crippen LogP contribution in [-0.4, -0.2) is 22.9 Å². The fourth-order valence-electron chi connectivity index (χ4n) is 4.37. The van der Waals surface area contributed by atoms with Crippen molar-refractivity contribution >= 4 is 47.1 Å². The quantitative estimate of drug-likeness (QED) is 0.115. The van der Waals surface area contributed by atoms with Crippen LogP contribution in [0.1, 0.15) is 38.1 Å². The lowest BCUT2D eigenvalue weighted by Gasteiger charge is -2.17. The zero-order valence-corrected chi connectivity index (χ0v) is 24.9. The van der Waals surface area contributed by atoms with Crippen molar-refractivity contribution in [2.24, 2.45) is 0 Å². The van der Waals surface area contributed by atoms with Crippen molar-refractivity contribution in [3.05, 3.63) is 149 Å². The first kappa shape index (κ1) is 30.1. The number of thioether (sulfide) groups is 1. The second-order valence-electron chi connectivity index (χ2n) is 9.99. The molecule has 3 amide bonds. The monoisotopic (exact) mass is 602 g/mol. The molecule has 0 saturated heterocycles. The van der Waals surface area contributed by atoms with Crippen molar-refractivity contribution in [2.75, 3.05) is 10.6 Å². The number of hydrogen-bond acceptors (Lipinski definition) is 6. The fraction of sp³-hybridized carbons (Fsp3) is 0.0857. The van der Waals surface area contributed by atoms with E-state index in [4.69, 9.17) is 4.52 Å². The Bertz CT molecular complexity index is 1800. The average Bonchev–Trinajstić information content (AvgIpc) is 3.44. The number of rotatable bonds is 10. The highest BCUT2D eigenvalue weighted by atomic mass is 32.2. The molecule has 0 radical (unpaired) electrons. The van der Waals surface area contributed by atoms with Crippen LogP contribution in [0.4, 0.5) is 11.5 Å². The molecule has 0 aliphatic rings. The van der Waals surface area contributed by atoms with Crippen molar-refractivity contribution in [1.82, 2.24) is 10.5 Å². The van der Waals surface area contributed by atoms with Gasteiger partial charge in [-0.05, 0) is 61.4 Å². The third-order valence-electron chi connectivity index (χ3n) is 6.45. The Balaban J connectivity index is 1.37. The predicted molar refractivity (Wildman–Crippen MR) is 173 cm³/mol. The van der Waals surface area contributed by atoms with Gasteiger partial charge in [-0.2, -0.15) is 0 Å². The molecule has 0 fully saturated rings. The van der Waals surface area contributed by atoms with E-state index in [1.54, 1.807) is 61.5 Å². The highest BCUT2D eigenvalue weighted by Crippen LogP contribution is 2.37. The number of benzene rings is 4. The third kappa shape index (κ3) is 8.11. The van der Waals surface area contributed by atoms with Gasteiger partial charge in [-0.25, -0.2) is 0 Å². The Kier molecular flexibility index (Phi) is 9.68. The number of hydrogen-bond donors (Lipinski definition) is 3. The number of nitrogens with zero attached hydrogens (tertiary/aromatic N) is 1. The van der Waals surface area contributed by atoms with E-state index in [1.165, 1.54) is 11.8 Å². The predicted octanol–water partition coefficient (Wildman–Crippen LogP) is 7.17. The summed E-state index contributed by atoms with van der Waals surface area (Å²) in [5, 5.41) is 11.8. The van der Waals surface area contributed by atoms with Gasteiger partial charge in [0.15, 0.2) is 5.82 Å². The average molecular weight is 603 g/mol. The van der Waals surface area contributed by atoms with Gasteiger partial charge in [-0.1, -0.05) is 89.6 Å². The van der Waals surface area contributed by atoms with Gasteiger partial charge in [0.1, 0.15) is 16.7 Å². The molecule has 1 atom stereocenters. The van der Waals surface area contributed by atoms with E-state index in [0.29, 0.717) is 22.8 Å². The van der Waals surface area contributed by atoms with E-state index in [1.807, 2.05) is 73.7 Å². The molecule has 0 aliphatic heterocycles. The van der Waals surface area contributed by atoms with Crippen LogP contribution in [0.5, 0.6) is 0 Å². The summed E-state index contributed by atoms with van der Waals surface area (Å²) in [5.41, 5.74) is 3.62. The highest BCUT2D eigenvalue weighted by molar-refractivity contribution is 8.00. The minimum absolute atomic E-state index is 0.0898. The maximum absolute atomic E-state index is 13.6.